The number of hydrogen-bond acceptors (Lipinski definition) is 1. The zero-order chi connectivity index (χ0) is 13.8. The molecule has 0 bridgehead atoms. The molecule has 94 valence electrons. The second kappa shape index (κ2) is 5.42. The van der Waals surface area contributed by atoms with E-state index in [1.165, 1.54) is 10.8 Å². The van der Waals surface area contributed by atoms with Crippen molar-refractivity contribution in [2.75, 3.05) is 0 Å². The van der Waals surface area contributed by atoms with Crippen molar-refractivity contribution in [3.8, 4) is 6.07 Å². The lowest BCUT2D eigenvalue weighted by Crippen LogP contribution is -1.88. The van der Waals surface area contributed by atoms with E-state index in [4.69, 9.17) is 5.26 Å². The van der Waals surface area contributed by atoms with Gasteiger partial charge in [-0.25, -0.2) is 0 Å². The molecule has 0 aliphatic heterocycles. The highest BCUT2D eigenvalue weighted by Gasteiger charge is 2.05. The average molecular weight is 255 g/mol. The van der Waals surface area contributed by atoms with Crippen LogP contribution in [0, 0.1) is 11.3 Å². The van der Waals surface area contributed by atoms with Crippen LogP contribution in [0.15, 0.2) is 78.9 Å². The quantitative estimate of drug-likeness (QED) is 0.604. The molecule has 0 fully saturated rings. The maximum atomic E-state index is 9.05. The van der Waals surface area contributed by atoms with Crippen LogP contribution in [0.2, 0.25) is 0 Å². The van der Waals surface area contributed by atoms with Gasteiger partial charge in [0.25, 0.3) is 0 Å². The van der Waals surface area contributed by atoms with E-state index in [1.807, 2.05) is 42.5 Å². The molecule has 0 heterocycles. The number of fused-ring (bicyclic) bond motifs is 1. The molecule has 20 heavy (non-hydrogen) atoms. The maximum Gasteiger partial charge on any atom is 0.0918 e. The number of allylic oxidation sites excluding steroid dienone is 1. The molecule has 0 aliphatic carbocycles. The van der Waals surface area contributed by atoms with Gasteiger partial charge in [0.2, 0.25) is 0 Å². The van der Waals surface area contributed by atoms with E-state index >= 15 is 0 Å². The summed E-state index contributed by atoms with van der Waals surface area (Å²) >= 11 is 0. The van der Waals surface area contributed by atoms with Crippen molar-refractivity contribution < 1.29 is 0 Å². The van der Waals surface area contributed by atoms with Crippen LogP contribution < -0.4 is 0 Å². The van der Waals surface area contributed by atoms with Crippen LogP contribution in [0.3, 0.4) is 0 Å². The lowest BCUT2D eigenvalue weighted by Gasteiger charge is -2.08. The molecule has 0 aromatic heterocycles. The predicted molar refractivity (Wildman–Crippen MR) is 83.1 cm³/mol. The first-order valence-electron chi connectivity index (χ1n) is 6.53. The van der Waals surface area contributed by atoms with Gasteiger partial charge in [0.1, 0.15) is 0 Å². The first-order valence-corrected chi connectivity index (χ1v) is 6.53. The monoisotopic (exact) mass is 255 g/mol. The summed E-state index contributed by atoms with van der Waals surface area (Å²) in [7, 11) is 0. The number of benzene rings is 3. The van der Waals surface area contributed by atoms with Gasteiger partial charge in [-0.2, -0.15) is 5.26 Å². The summed E-state index contributed by atoms with van der Waals surface area (Å²) in [6.07, 6.45) is 1.61. The Bertz CT molecular complexity index is 808. The van der Waals surface area contributed by atoms with Crippen molar-refractivity contribution in [1.29, 1.82) is 5.26 Å². The van der Waals surface area contributed by atoms with Gasteiger partial charge in [-0.15, -0.1) is 0 Å². The molecule has 3 aromatic rings. The fourth-order valence-electron chi connectivity index (χ4n) is 2.37. The van der Waals surface area contributed by atoms with Gasteiger partial charge in [-0.05, 0) is 33.5 Å². The standard InChI is InChI=1S/C19H13N/c20-13-12-19(16-7-2-1-3-8-16)18-11-10-15-6-4-5-9-17(15)14-18/h1-12,14H/b19-12-. The molecular weight excluding hydrogens is 242 g/mol. The second-order valence-corrected chi connectivity index (χ2v) is 4.62. The third-order valence-corrected chi connectivity index (χ3v) is 3.35. The first kappa shape index (κ1) is 12.2. The Morgan fingerprint density at radius 1 is 0.750 bits per heavy atom. The topological polar surface area (TPSA) is 23.8 Å². The number of rotatable bonds is 2. The fourth-order valence-corrected chi connectivity index (χ4v) is 2.37. The highest BCUT2D eigenvalue weighted by Crippen LogP contribution is 2.26. The van der Waals surface area contributed by atoms with Gasteiger partial charge >= 0.3 is 0 Å². The Hall–Kier alpha value is -2.85. The van der Waals surface area contributed by atoms with Crippen molar-refractivity contribution in [3.05, 3.63) is 90.0 Å². The van der Waals surface area contributed by atoms with E-state index in [2.05, 4.69) is 36.4 Å². The Morgan fingerprint density at radius 2 is 1.45 bits per heavy atom. The van der Waals surface area contributed by atoms with Gasteiger partial charge in [-0.3, -0.25) is 0 Å². The van der Waals surface area contributed by atoms with Crippen LogP contribution in [0.25, 0.3) is 16.3 Å². The zero-order valence-electron chi connectivity index (χ0n) is 11.0. The van der Waals surface area contributed by atoms with Crippen molar-refractivity contribution in [2.45, 2.75) is 0 Å². The number of nitrogens with zero attached hydrogens (tertiary/aromatic N) is 1. The van der Waals surface area contributed by atoms with Gasteiger partial charge in [0.15, 0.2) is 0 Å². The summed E-state index contributed by atoms with van der Waals surface area (Å²) in [5, 5.41) is 11.4. The van der Waals surface area contributed by atoms with Crippen molar-refractivity contribution >= 4 is 16.3 Å². The van der Waals surface area contributed by atoms with E-state index in [0.717, 1.165) is 16.7 Å². The molecule has 1 heteroatoms. The molecule has 1 nitrogen and oxygen atoms in total. The third kappa shape index (κ3) is 2.32. The van der Waals surface area contributed by atoms with E-state index in [9.17, 15) is 0 Å². The normalized spacial score (nSPS) is 11.2. The molecular formula is C19H13N. The smallest absolute Gasteiger partial charge is 0.0918 e. The minimum Gasteiger partial charge on any atom is -0.193 e. The molecule has 0 atom stereocenters. The van der Waals surface area contributed by atoms with Gasteiger partial charge < -0.3 is 0 Å². The summed E-state index contributed by atoms with van der Waals surface area (Å²) in [6, 6.07) is 26.7. The van der Waals surface area contributed by atoms with Crippen molar-refractivity contribution in [2.24, 2.45) is 0 Å². The average Bonchev–Trinajstić information content (AvgIpc) is 2.53. The molecule has 0 saturated heterocycles. The molecule has 0 amide bonds. The maximum absolute atomic E-state index is 9.05. The highest BCUT2D eigenvalue weighted by atomic mass is 14.2. The Balaban J connectivity index is 2.16. The summed E-state index contributed by atoms with van der Waals surface area (Å²) in [5.41, 5.74) is 3.08. The predicted octanol–water partition coefficient (Wildman–Crippen LogP) is 4.80. The molecule has 3 aromatic carbocycles. The molecule has 0 N–H and O–H groups in total. The summed E-state index contributed by atoms with van der Waals surface area (Å²) in [5.74, 6) is 0. The fraction of sp³-hybridized carbons (Fsp3) is 0. The van der Waals surface area contributed by atoms with Gasteiger partial charge in [0.05, 0.1) is 6.07 Å². The van der Waals surface area contributed by atoms with E-state index in [0.29, 0.717) is 0 Å². The first-order chi connectivity index (χ1) is 9.88. The second-order valence-electron chi connectivity index (χ2n) is 4.62. The molecule has 0 aliphatic rings. The number of nitriles is 1. The SMILES string of the molecule is N#C/C=C(/c1ccccc1)c1ccc2ccccc2c1. The minimum atomic E-state index is 0.957. The zero-order valence-corrected chi connectivity index (χ0v) is 11.0. The molecule has 3 rings (SSSR count). The van der Waals surface area contributed by atoms with Gasteiger partial charge in [0, 0.05) is 6.08 Å². The van der Waals surface area contributed by atoms with Crippen LogP contribution >= 0.6 is 0 Å². The van der Waals surface area contributed by atoms with Crippen LogP contribution in [0.5, 0.6) is 0 Å². The van der Waals surface area contributed by atoms with Crippen molar-refractivity contribution in [3.63, 3.8) is 0 Å². The molecule has 0 saturated carbocycles. The van der Waals surface area contributed by atoms with Crippen molar-refractivity contribution in [1.82, 2.24) is 0 Å². The Kier molecular flexibility index (Phi) is 3.31. The minimum absolute atomic E-state index is 0.957. The molecule has 0 spiro atoms. The van der Waals surface area contributed by atoms with Gasteiger partial charge in [-0.1, -0.05) is 66.7 Å². The van der Waals surface area contributed by atoms with Crippen LogP contribution in [0.4, 0.5) is 0 Å². The Labute approximate surface area is 118 Å². The summed E-state index contributed by atoms with van der Waals surface area (Å²) < 4.78 is 0. The van der Waals surface area contributed by atoms with Crippen LogP contribution in [-0.4, -0.2) is 0 Å². The Morgan fingerprint density at radius 3 is 2.20 bits per heavy atom. The third-order valence-electron chi connectivity index (χ3n) is 3.35. The number of hydrogen-bond donors (Lipinski definition) is 0. The molecule has 0 radical (unpaired) electrons. The summed E-state index contributed by atoms with van der Waals surface area (Å²) in [4.78, 5) is 0. The summed E-state index contributed by atoms with van der Waals surface area (Å²) in [6.45, 7) is 0. The lowest BCUT2D eigenvalue weighted by molar-refractivity contribution is 1.52. The highest BCUT2D eigenvalue weighted by molar-refractivity contribution is 5.89. The largest absolute Gasteiger partial charge is 0.193 e. The molecule has 0 unspecified atom stereocenters. The lowest BCUT2D eigenvalue weighted by atomic mass is 9.95. The van der Waals surface area contributed by atoms with E-state index < -0.39 is 0 Å². The van der Waals surface area contributed by atoms with E-state index in [1.54, 1.807) is 6.08 Å². The van der Waals surface area contributed by atoms with E-state index in [-0.39, 0.29) is 0 Å². The van der Waals surface area contributed by atoms with Crippen LogP contribution in [0.1, 0.15) is 11.1 Å². The van der Waals surface area contributed by atoms with Crippen LogP contribution in [-0.2, 0) is 0 Å².